The summed E-state index contributed by atoms with van der Waals surface area (Å²) in [6.07, 6.45) is -0.976. The number of carbonyl (C=O) groups is 3. The predicted octanol–water partition coefficient (Wildman–Crippen LogP) is 2.28. The van der Waals surface area contributed by atoms with Crippen molar-refractivity contribution in [1.82, 2.24) is 10.3 Å². The number of benzene rings is 1. The topological polar surface area (TPSA) is 97.5 Å². The molecular formula is C19H22N2O5. The molecule has 0 aliphatic rings. The molecular weight excluding hydrogens is 336 g/mol. The summed E-state index contributed by atoms with van der Waals surface area (Å²) in [5.74, 6) is -1.65. The van der Waals surface area contributed by atoms with Crippen LogP contribution < -0.4 is 5.32 Å². The molecule has 1 heterocycles. The summed E-state index contributed by atoms with van der Waals surface area (Å²) in [7, 11) is 1.27. The molecule has 1 atom stereocenters. The Hall–Kier alpha value is -3.09. The highest BCUT2D eigenvalue weighted by Crippen LogP contribution is 2.20. The summed E-state index contributed by atoms with van der Waals surface area (Å²) >= 11 is 0. The van der Waals surface area contributed by atoms with E-state index in [2.05, 4.69) is 10.3 Å². The van der Waals surface area contributed by atoms with Crippen LogP contribution in [0.15, 0.2) is 30.3 Å². The van der Waals surface area contributed by atoms with Crippen molar-refractivity contribution in [2.45, 2.75) is 33.4 Å². The fraction of sp³-hybridized carbons (Fsp3) is 0.316. The first-order valence-electron chi connectivity index (χ1n) is 8.15. The number of H-pyrrole nitrogens is 1. The third-order valence-corrected chi connectivity index (χ3v) is 3.99. The fourth-order valence-corrected chi connectivity index (χ4v) is 2.56. The summed E-state index contributed by atoms with van der Waals surface area (Å²) in [5, 5.41) is 2.71. The highest BCUT2D eigenvalue weighted by Gasteiger charge is 2.26. The maximum atomic E-state index is 12.3. The number of ether oxygens (including phenoxy) is 2. The van der Waals surface area contributed by atoms with Crippen molar-refractivity contribution in [1.29, 1.82) is 0 Å². The molecule has 0 spiro atoms. The molecule has 7 heteroatoms. The maximum Gasteiger partial charge on any atom is 0.355 e. The van der Waals surface area contributed by atoms with Crippen molar-refractivity contribution in [3.63, 3.8) is 0 Å². The zero-order chi connectivity index (χ0) is 19.3. The molecule has 26 heavy (non-hydrogen) atoms. The molecule has 1 aromatic heterocycles. The van der Waals surface area contributed by atoms with Crippen LogP contribution in [0, 0.1) is 13.8 Å². The van der Waals surface area contributed by atoms with Gasteiger partial charge in [0, 0.05) is 12.2 Å². The minimum absolute atomic E-state index is 0.130. The molecule has 0 saturated carbocycles. The number of aryl methyl sites for hydroxylation is 1. The van der Waals surface area contributed by atoms with E-state index < -0.39 is 23.9 Å². The molecule has 0 unspecified atom stereocenters. The zero-order valence-corrected chi connectivity index (χ0v) is 15.2. The smallest absolute Gasteiger partial charge is 0.355 e. The van der Waals surface area contributed by atoms with E-state index in [1.54, 1.807) is 13.8 Å². The standard InChI is InChI=1S/C19H22N2O5/c1-11-15(18(23)25-4)12(2)21-16(11)19(24)26-13(3)17(22)20-10-14-8-6-5-7-9-14/h5-9,13,21H,10H2,1-4H3,(H,20,22)/t13-/m0/s1. The molecule has 0 bridgehead atoms. The van der Waals surface area contributed by atoms with Gasteiger partial charge in [-0.2, -0.15) is 0 Å². The number of methoxy groups -OCH3 is 1. The Labute approximate surface area is 151 Å². The second kappa shape index (κ2) is 8.33. The van der Waals surface area contributed by atoms with Crippen LogP contribution in [0.3, 0.4) is 0 Å². The summed E-state index contributed by atoms with van der Waals surface area (Å²) in [6, 6.07) is 9.41. The minimum Gasteiger partial charge on any atom is -0.465 e. The van der Waals surface area contributed by atoms with E-state index in [0.717, 1.165) is 5.56 Å². The first-order valence-corrected chi connectivity index (χ1v) is 8.15. The van der Waals surface area contributed by atoms with Crippen molar-refractivity contribution in [3.8, 4) is 0 Å². The van der Waals surface area contributed by atoms with Crippen LogP contribution in [0.4, 0.5) is 0 Å². The van der Waals surface area contributed by atoms with Gasteiger partial charge in [0.2, 0.25) is 0 Å². The first kappa shape index (κ1) is 19.2. The third-order valence-electron chi connectivity index (χ3n) is 3.99. The van der Waals surface area contributed by atoms with Gasteiger partial charge in [-0.05, 0) is 31.9 Å². The normalized spacial score (nSPS) is 11.5. The maximum absolute atomic E-state index is 12.3. The largest absolute Gasteiger partial charge is 0.465 e. The monoisotopic (exact) mass is 358 g/mol. The van der Waals surface area contributed by atoms with E-state index in [1.165, 1.54) is 14.0 Å². The Morgan fingerprint density at radius 2 is 1.77 bits per heavy atom. The zero-order valence-electron chi connectivity index (χ0n) is 15.2. The predicted molar refractivity (Wildman–Crippen MR) is 94.8 cm³/mol. The van der Waals surface area contributed by atoms with E-state index in [0.29, 0.717) is 23.4 Å². The van der Waals surface area contributed by atoms with Crippen LogP contribution in [0.2, 0.25) is 0 Å². The molecule has 0 aliphatic carbocycles. The van der Waals surface area contributed by atoms with Crippen LogP contribution >= 0.6 is 0 Å². The number of aromatic nitrogens is 1. The van der Waals surface area contributed by atoms with Gasteiger partial charge in [-0.3, -0.25) is 4.79 Å². The van der Waals surface area contributed by atoms with Gasteiger partial charge in [0.1, 0.15) is 5.69 Å². The number of rotatable bonds is 6. The van der Waals surface area contributed by atoms with Crippen LogP contribution in [-0.2, 0) is 20.8 Å². The van der Waals surface area contributed by atoms with Gasteiger partial charge < -0.3 is 19.8 Å². The summed E-state index contributed by atoms with van der Waals surface area (Å²) in [4.78, 5) is 39.1. The van der Waals surface area contributed by atoms with Gasteiger partial charge >= 0.3 is 11.9 Å². The molecule has 138 valence electrons. The van der Waals surface area contributed by atoms with Gasteiger partial charge in [0.05, 0.1) is 12.7 Å². The molecule has 0 saturated heterocycles. The Morgan fingerprint density at radius 1 is 1.12 bits per heavy atom. The highest BCUT2D eigenvalue weighted by molar-refractivity contribution is 5.99. The molecule has 2 aromatic rings. The number of amides is 1. The number of hydrogen-bond donors (Lipinski definition) is 2. The van der Waals surface area contributed by atoms with E-state index in [4.69, 9.17) is 9.47 Å². The summed E-state index contributed by atoms with van der Waals surface area (Å²) in [5.41, 5.74) is 2.29. The van der Waals surface area contributed by atoms with Crippen molar-refractivity contribution < 1.29 is 23.9 Å². The Morgan fingerprint density at radius 3 is 2.38 bits per heavy atom. The lowest BCUT2D eigenvalue weighted by Crippen LogP contribution is -2.35. The number of esters is 2. The molecule has 1 aromatic carbocycles. The van der Waals surface area contributed by atoms with Crippen molar-refractivity contribution in [3.05, 3.63) is 58.4 Å². The van der Waals surface area contributed by atoms with Crippen LogP contribution in [-0.4, -0.2) is 36.0 Å². The second-order valence-electron chi connectivity index (χ2n) is 5.87. The summed E-state index contributed by atoms with van der Waals surface area (Å²) < 4.78 is 9.92. The van der Waals surface area contributed by atoms with E-state index >= 15 is 0 Å². The van der Waals surface area contributed by atoms with Crippen molar-refractivity contribution in [2.24, 2.45) is 0 Å². The lowest BCUT2D eigenvalue weighted by molar-refractivity contribution is -0.129. The quantitative estimate of drug-likeness (QED) is 0.772. The number of aromatic amines is 1. The second-order valence-corrected chi connectivity index (χ2v) is 5.87. The molecule has 2 N–H and O–H groups in total. The van der Waals surface area contributed by atoms with Gasteiger partial charge in [0.25, 0.3) is 5.91 Å². The molecule has 2 rings (SSSR count). The van der Waals surface area contributed by atoms with Gasteiger partial charge in [-0.25, -0.2) is 9.59 Å². The van der Waals surface area contributed by atoms with Crippen LogP contribution in [0.1, 0.15) is 44.6 Å². The van der Waals surface area contributed by atoms with Gasteiger partial charge in [-0.1, -0.05) is 30.3 Å². The van der Waals surface area contributed by atoms with Gasteiger partial charge in [0.15, 0.2) is 6.10 Å². The Bertz CT molecular complexity index is 811. The molecule has 0 aliphatic heterocycles. The van der Waals surface area contributed by atoms with Crippen LogP contribution in [0.5, 0.6) is 0 Å². The van der Waals surface area contributed by atoms with E-state index in [1.807, 2.05) is 30.3 Å². The third kappa shape index (κ3) is 4.30. The molecule has 7 nitrogen and oxygen atoms in total. The number of hydrogen-bond acceptors (Lipinski definition) is 5. The van der Waals surface area contributed by atoms with E-state index in [9.17, 15) is 14.4 Å². The number of carbonyl (C=O) groups excluding carboxylic acids is 3. The highest BCUT2D eigenvalue weighted by atomic mass is 16.5. The Kier molecular flexibility index (Phi) is 6.16. The van der Waals surface area contributed by atoms with Crippen LogP contribution in [0.25, 0.3) is 0 Å². The average Bonchev–Trinajstić information content (AvgIpc) is 2.94. The van der Waals surface area contributed by atoms with Crippen molar-refractivity contribution in [2.75, 3.05) is 7.11 Å². The summed E-state index contributed by atoms with van der Waals surface area (Å²) in [6.45, 7) is 5.11. The first-order chi connectivity index (χ1) is 12.3. The van der Waals surface area contributed by atoms with Crippen molar-refractivity contribution >= 4 is 17.8 Å². The van der Waals surface area contributed by atoms with Gasteiger partial charge in [-0.15, -0.1) is 0 Å². The Balaban J connectivity index is 2.00. The SMILES string of the molecule is COC(=O)c1c(C)[nH]c(C(=O)O[C@@H](C)C(=O)NCc2ccccc2)c1C. The number of nitrogens with one attached hydrogen (secondary N) is 2. The minimum atomic E-state index is -0.976. The lowest BCUT2D eigenvalue weighted by Gasteiger charge is -2.13. The molecule has 1 amide bonds. The van der Waals surface area contributed by atoms with E-state index in [-0.39, 0.29) is 5.69 Å². The fourth-order valence-electron chi connectivity index (χ4n) is 2.56. The molecule has 0 radical (unpaired) electrons. The average molecular weight is 358 g/mol. The lowest BCUT2D eigenvalue weighted by atomic mass is 10.1. The molecule has 0 fully saturated rings.